The van der Waals surface area contributed by atoms with Gasteiger partial charge in [-0.05, 0) is 74.7 Å². The summed E-state index contributed by atoms with van der Waals surface area (Å²) in [6.45, 7) is 8.17. The highest BCUT2D eigenvalue weighted by molar-refractivity contribution is 6.51. The molecule has 4 rings (SSSR count). The van der Waals surface area contributed by atoms with Gasteiger partial charge < -0.3 is 9.84 Å². The van der Waals surface area contributed by atoms with Crippen molar-refractivity contribution in [2.45, 2.75) is 33.7 Å². The summed E-state index contributed by atoms with van der Waals surface area (Å²) in [5.41, 5.74) is 4.70. The van der Waals surface area contributed by atoms with Crippen LogP contribution < -0.4 is 9.64 Å². The fraction of sp³-hybridized carbons (Fsp3) is 0.214. The second kappa shape index (κ2) is 8.94. The van der Waals surface area contributed by atoms with Crippen LogP contribution in [0.15, 0.2) is 72.3 Å². The molecule has 0 aliphatic carbocycles. The number of benzene rings is 3. The number of aliphatic hydroxyl groups is 1. The van der Waals surface area contributed by atoms with Gasteiger partial charge in [0.25, 0.3) is 11.7 Å². The number of hydrogen-bond donors (Lipinski definition) is 1. The number of carbonyl (C=O) groups is 2. The maximum atomic E-state index is 13.3. The zero-order chi connectivity index (χ0) is 23.7. The van der Waals surface area contributed by atoms with Crippen LogP contribution in [-0.4, -0.2) is 23.4 Å². The number of anilines is 1. The van der Waals surface area contributed by atoms with Crippen molar-refractivity contribution in [1.82, 2.24) is 0 Å². The highest BCUT2D eigenvalue weighted by Crippen LogP contribution is 2.43. The summed E-state index contributed by atoms with van der Waals surface area (Å²) in [5.74, 6) is -0.827. The highest BCUT2D eigenvalue weighted by Gasteiger charge is 2.47. The third-order valence-corrected chi connectivity index (χ3v) is 5.88. The van der Waals surface area contributed by atoms with Gasteiger partial charge in [0, 0.05) is 11.3 Å². The first kappa shape index (κ1) is 22.3. The molecule has 3 aromatic carbocycles. The summed E-state index contributed by atoms with van der Waals surface area (Å²) in [4.78, 5) is 28.1. The third kappa shape index (κ3) is 4.14. The van der Waals surface area contributed by atoms with Crippen molar-refractivity contribution in [2.75, 3.05) is 11.5 Å². The zero-order valence-electron chi connectivity index (χ0n) is 19.3. The Morgan fingerprint density at radius 3 is 2.30 bits per heavy atom. The summed E-state index contributed by atoms with van der Waals surface area (Å²) < 4.78 is 5.56. The largest absolute Gasteiger partial charge is 0.507 e. The van der Waals surface area contributed by atoms with Gasteiger partial charge in [0.15, 0.2) is 0 Å². The van der Waals surface area contributed by atoms with Crippen LogP contribution in [-0.2, 0) is 9.59 Å². The normalized spacial score (nSPS) is 17.5. The van der Waals surface area contributed by atoms with Crippen LogP contribution in [0.3, 0.4) is 0 Å². The van der Waals surface area contributed by atoms with Gasteiger partial charge in [-0.2, -0.15) is 0 Å². The summed E-state index contributed by atoms with van der Waals surface area (Å²) in [6, 6.07) is 19.7. The van der Waals surface area contributed by atoms with Gasteiger partial charge >= 0.3 is 0 Å². The van der Waals surface area contributed by atoms with E-state index >= 15 is 0 Å². The summed E-state index contributed by atoms with van der Waals surface area (Å²) in [6.07, 6.45) is 0. The van der Waals surface area contributed by atoms with E-state index in [1.165, 1.54) is 4.90 Å². The Bertz CT molecular complexity index is 1260. The molecule has 0 bridgehead atoms. The molecule has 0 spiro atoms. The fourth-order valence-corrected chi connectivity index (χ4v) is 4.24. The molecule has 1 heterocycles. The van der Waals surface area contributed by atoms with Gasteiger partial charge in [-0.15, -0.1) is 0 Å². The van der Waals surface area contributed by atoms with Crippen molar-refractivity contribution in [3.63, 3.8) is 0 Å². The van der Waals surface area contributed by atoms with Crippen LogP contribution in [0.2, 0.25) is 0 Å². The van der Waals surface area contributed by atoms with Crippen LogP contribution in [0, 0.1) is 20.8 Å². The molecule has 33 heavy (non-hydrogen) atoms. The van der Waals surface area contributed by atoms with E-state index in [0.717, 1.165) is 16.7 Å². The highest BCUT2D eigenvalue weighted by atomic mass is 16.5. The van der Waals surface area contributed by atoms with Crippen LogP contribution >= 0.6 is 0 Å². The monoisotopic (exact) mass is 441 g/mol. The van der Waals surface area contributed by atoms with E-state index in [1.807, 2.05) is 88.4 Å². The molecule has 1 atom stereocenters. The molecule has 5 heteroatoms. The second-order valence-corrected chi connectivity index (χ2v) is 8.33. The maximum absolute atomic E-state index is 13.3. The number of nitrogens with zero attached hydrogens (tertiary/aromatic N) is 1. The molecule has 3 aromatic rings. The Morgan fingerprint density at radius 1 is 0.939 bits per heavy atom. The van der Waals surface area contributed by atoms with Crippen molar-refractivity contribution in [3.8, 4) is 5.75 Å². The Morgan fingerprint density at radius 2 is 1.64 bits per heavy atom. The van der Waals surface area contributed by atoms with Gasteiger partial charge in [0.2, 0.25) is 0 Å². The predicted octanol–water partition coefficient (Wildman–Crippen LogP) is 5.64. The lowest BCUT2D eigenvalue weighted by atomic mass is 9.93. The smallest absolute Gasteiger partial charge is 0.300 e. The first-order valence-electron chi connectivity index (χ1n) is 11.0. The minimum atomic E-state index is -0.762. The topological polar surface area (TPSA) is 66.8 Å². The lowest BCUT2D eigenvalue weighted by Crippen LogP contribution is -2.29. The van der Waals surface area contributed by atoms with Gasteiger partial charge in [-0.3, -0.25) is 14.5 Å². The predicted molar refractivity (Wildman–Crippen MR) is 129 cm³/mol. The number of amides is 1. The lowest BCUT2D eigenvalue weighted by molar-refractivity contribution is -0.132. The minimum absolute atomic E-state index is 0.0827. The molecule has 168 valence electrons. The van der Waals surface area contributed by atoms with Crippen molar-refractivity contribution in [2.24, 2.45) is 0 Å². The van der Waals surface area contributed by atoms with Crippen LogP contribution in [0.25, 0.3) is 5.76 Å². The first-order chi connectivity index (χ1) is 15.8. The van der Waals surface area contributed by atoms with E-state index in [1.54, 1.807) is 6.07 Å². The number of ether oxygens (including phenoxy) is 1. The standard InChI is InChI=1S/C28H27NO4/c1-5-33-22-13-11-20(12-14-22)25-24(26(30)23-16-18(3)9-10-19(23)4)27(31)28(32)29(25)21-8-6-7-17(2)15-21/h6-16,25,30H,5H2,1-4H3/b26-24+. The number of carbonyl (C=O) groups excluding carboxylic acids is 2. The second-order valence-electron chi connectivity index (χ2n) is 8.33. The quantitative estimate of drug-likeness (QED) is 0.316. The molecule has 1 saturated heterocycles. The van der Waals surface area contributed by atoms with Crippen molar-refractivity contribution in [3.05, 3.63) is 100 Å². The third-order valence-electron chi connectivity index (χ3n) is 5.88. The number of aliphatic hydroxyl groups excluding tert-OH is 1. The van der Waals surface area contributed by atoms with Crippen LogP contribution in [0.1, 0.15) is 40.8 Å². The number of Topliss-reactive ketones (excluding diaryl/α,β-unsaturated/α-hetero) is 1. The van der Waals surface area contributed by atoms with Crippen molar-refractivity contribution in [1.29, 1.82) is 0 Å². The lowest BCUT2D eigenvalue weighted by Gasteiger charge is -2.26. The van der Waals surface area contributed by atoms with Crippen LogP contribution in [0.5, 0.6) is 5.75 Å². The van der Waals surface area contributed by atoms with E-state index in [-0.39, 0.29) is 11.3 Å². The molecule has 1 aliphatic heterocycles. The molecule has 1 amide bonds. The van der Waals surface area contributed by atoms with Gasteiger partial charge in [0.05, 0.1) is 18.2 Å². The molecular formula is C28H27NO4. The number of ketones is 1. The fourth-order valence-electron chi connectivity index (χ4n) is 4.24. The molecule has 0 saturated carbocycles. The SMILES string of the molecule is CCOc1ccc(C2/C(=C(\O)c3cc(C)ccc3C)C(=O)C(=O)N2c2cccc(C)c2)cc1. The van der Waals surface area contributed by atoms with Crippen molar-refractivity contribution < 1.29 is 19.4 Å². The average molecular weight is 442 g/mol. The Labute approximate surface area is 193 Å². The average Bonchev–Trinajstić information content (AvgIpc) is 3.06. The Kier molecular flexibility index (Phi) is 6.05. The van der Waals surface area contributed by atoms with E-state index in [9.17, 15) is 14.7 Å². The Hall–Kier alpha value is -3.86. The molecule has 1 unspecified atom stereocenters. The number of aryl methyl sites for hydroxylation is 3. The molecular weight excluding hydrogens is 414 g/mol. The molecule has 1 N–H and O–H groups in total. The zero-order valence-corrected chi connectivity index (χ0v) is 19.3. The minimum Gasteiger partial charge on any atom is -0.507 e. The molecule has 1 fully saturated rings. The first-order valence-corrected chi connectivity index (χ1v) is 11.0. The van der Waals surface area contributed by atoms with Gasteiger partial charge in [0.1, 0.15) is 11.5 Å². The van der Waals surface area contributed by atoms with Gasteiger partial charge in [-0.1, -0.05) is 42.0 Å². The summed E-state index contributed by atoms with van der Waals surface area (Å²) in [5, 5.41) is 11.4. The number of hydrogen-bond acceptors (Lipinski definition) is 4. The van der Waals surface area contributed by atoms with E-state index in [4.69, 9.17) is 4.74 Å². The number of rotatable bonds is 5. The maximum Gasteiger partial charge on any atom is 0.300 e. The molecule has 0 aromatic heterocycles. The van der Waals surface area contributed by atoms with Crippen LogP contribution in [0.4, 0.5) is 5.69 Å². The van der Waals surface area contributed by atoms with Crippen molar-refractivity contribution >= 4 is 23.1 Å². The van der Waals surface area contributed by atoms with E-state index in [2.05, 4.69) is 0 Å². The Balaban J connectivity index is 1.95. The van der Waals surface area contributed by atoms with Gasteiger partial charge in [-0.25, -0.2) is 0 Å². The molecule has 5 nitrogen and oxygen atoms in total. The van der Waals surface area contributed by atoms with E-state index < -0.39 is 17.7 Å². The molecule has 1 aliphatic rings. The molecule has 0 radical (unpaired) electrons. The summed E-state index contributed by atoms with van der Waals surface area (Å²) in [7, 11) is 0. The van der Waals surface area contributed by atoms with E-state index in [0.29, 0.717) is 29.2 Å². The summed E-state index contributed by atoms with van der Waals surface area (Å²) >= 11 is 0.